The zero-order valence-electron chi connectivity index (χ0n) is 11.2. The molecule has 1 aromatic rings. The fourth-order valence-corrected chi connectivity index (χ4v) is 1.65. The molecular formula is C14H19NO4. The first-order valence-corrected chi connectivity index (χ1v) is 6.32. The number of aliphatic carboxylic acids is 1. The number of benzene rings is 1. The molecule has 0 aliphatic carbocycles. The number of hydrogen-bond donors (Lipinski definition) is 2. The number of carboxylic acids is 1. The molecule has 1 unspecified atom stereocenters. The van der Waals surface area contributed by atoms with Crippen molar-refractivity contribution in [2.45, 2.75) is 20.3 Å². The van der Waals surface area contributed by atoms with E-state index in [0.29, 0.717) is 24.3 Å². The summed E-state index contributed by atoms with van der Waals surface area (Å²) in [6, 6.07) is 6.90. The summed E-state index contributed by atoms with van der Waals surface area (Å²) in [4.78, 5) is 22.9. The number of hydrogen-bond acceptors (Lipinski definition) is 3. The second-order valence-electron chi connectivity index (χ2n) is 4.08. The third kappa shape index (κ3) is 4.28. The van der Waals surface area contributed by atoms with Crippen LogP contribution in [0, 0.1) is 5.92 Å². The zero-order valence-corrected chi connectivity index (χ0v) is 11.2. The number of ether oxygens (including phenoxy) is 1. The van der Waals surface area contributed by atoms with E-state index in [1.807, 2.05) is 6.92 Å². The van der Waals surface area contributed by atoms with E-state index in [9.17, 15) is 9.59 Å². The molecule has 104 valence electrons. The van der Waals surface area contributed by atoms with E-state index in [1.54, 1.807) is 31.2 Å². The Hall–Kier alpha value is -2.04. The number of amides is 1. The van der Waals surface area contributed by atoms with Gasteiger partial charge in [-0.05, 0) is 25.5 Å². The standard InChI is InChI=1S/C14H19NO4/c1-3-10(14(17)18)9-15-13(16)11-7-5-6-8-12(11)19-4-2/h5-8,10H,3-4,9H2,1-2H3,(H,15,16)(H,17,18). The maximum atomic E-state index is 12.0. The van der Waals surface area contributed by atoms with E-state index in [4.69, 9.17) is 9.84 Å². The van der Waals surface area contributed by atoms with Gasteiger partial charge in [0.1, 0.15) is 5.75 Å². The lowest BCUT2D eigenvalue weighted by Gasteiger charge is -2.13. The Bertz CT molecular complexity index is 445. The molecule has 1 atom stereocenters. The molecule has 0 spiro atoms. The van der Waals surface area contributed by atoms with Crippen molar-refractivity contribution >= 4 is 11.9 Å². The van der Waals surface area contributed by atoms with E-state index in [2.05, 4.69) is 5.32 Å². The summed E-state index contributed by atoms with van der Waals surface area (Å²) >= 11 is 0. The Morgan fingerprint density at radius 2 is 2.00 bits per heavy atom. The summed E-state index contributed by atoms with van der Waals surface area (Å²) in [6.45, 7) is 4.20. The molecule has 2 N–H and O–H groups in total. The third-order valence-corrected chi connectivity index (χ3v) is 2.78. The second-order valence-corrected chi connectivity index (χ2v) is 4.08. The molecule has 1 rings (SSSR count). The summed E-state index contributed by atoms with van der Waals surface area (Å²) in [5.74, 6) is -1.28. The largest absolute Gasteiger partial charge is 0.493 e. The molecule has 0 heterocycles. The Labute approximate surface area is 112 Å². The summed E-state index contributed by atoms with van der Waals surface area (Å²) in [6.07, 6.45) is 0.475. The molecule has 0 fully saturated rings. The van der Waals surface area contributed by atoms with Crippen molar-refractivity contribution < 1.29 is 19.4 Å². The highest BCUT2D eigenvalue weighted by Crippen LogP contribution is 2.17. The van der Waals surface area contributed by atoms with Crippen molar-refractivity contribution in [3.8, 4) is 5.75 Å². The first-order chi connectivity index (χ1) is 9.10. The monoisotopic (exact) mass is 265 g/mol. The van der Waals surface area contributed by atoms with Crippen LogP contribution in [-0.4, -0.2) is 30.1 Å². The third-order valence-electron chi connectivity index (χ3n) is 2.78. The van der Waals surface area contributed by atoms with Gasteiger partial charge in [0, 0.05) is 6.54 Å². The number of carboxylic acid groups (broad SMARTS) is 1. The number of carbonyl (C=O) groups is 2. The highest BCUT2D eigenvalue weighted by molar-refractivity contribution is 5.97. The van der Waals surface area contributed by atoms with Gasteiger partial charge in [-0.25, -0.2) is 0 Å². The fraction of sp³-hybridized carbons (Fsp3) is 0.429. The van der Waals surface area contributed by atoms with Crippen LogP contribution >= 0.6 is 0 Å². The van der Waals surface area contributed by atoms with Gasteiger partial charge in [-0.3, -0.25) is 9.59 Å². The van der Waals surface area contributed by atoms with Crippen LogP contribution in [0.5, 0.6) is 5.75 Å². The Balaban J connectivity index is 2.70. The van der Waals surface area contributed by atoms with Gasteiger partial charge in [0.05, 0.1) is 18.1 Å². The Kier molecular flexibility index (Phi) is 5.85. The van der Waals surface area contributed by atoms with Gasteiger partial charge in [-0.1, -0.05) is 19.1 Å². The lowest BCUT2D eigenvalue weighted by atomic mass is 10.1. The van der Waals surface area contributed by atoms with Gasteiger partial charge in [0.2, 0.25) is 0 Å². The SMILES string of the molecule is CCOc1ccccc1C(=O)NCC(CC)C(=O)O. The first kappa shape index (κ1) is 15.0. The summed E-state index contributed by atoms with van der Waals surface area (Å²) in [5.41, 5.74) is 0.421. The second kappa shape index (κ2) is 7.41. The minimum absolute atomic E-state index is 0.116. The predicted molar refractivity (Wildman–Crippen MR) is 71.4 cm³/mol. The first-order valence-electron chi connectivity index (χ1n) is 6.32. The zero-order chi connectivity index (χ0) is 14.3. The number of rotatable bonds is 7. The molecule has 0 saturated carbocycles. The van der Waals surface area contributed by atoms with Crippen LogP contribution in [0.2, 0.25) is 0 Å². The molecule has 0 radical (unpaired) electrons. The minimum atomic E-state index is -0.902. The molecular weight excluding hydrogens is 246 g/mol. The lowest BCUT2D eigenvalue weighted by molar-refractivity contribution is -0.141. The Morgan fingerprint density at radius 1 is 1.32 bits per heavy atom. The van der Waals surface area contributed by atoms with Crippen LogP contribution in [0.1, 0.15) is 30.6 Å². The highest BCUT2D eigenvalue weighted by Gasteiger charge is 2.18. The maximum absolute atomic E-state index is 12.0. The topological polar surface area (TPSA) is 75.6 Å². The summed E-state index contributed by atoms with van der Waals surface area (Å²) in [7, 11) is 0. The number of carbonyl (C=O) groups excluding carboxylic acids is 1. The normalized spacial score (nSPS) is 11.7. The van der Waals surface area contributed by atoms with Gasteiger partial charge in [-0.15, -0.1) is 0 Å². The lowest BCUT2D eigenvalue weighted by Crippen LogP contribution is -2.32. The molecule has 1 aromatic carbocycles. The minimum Gasteiger partial charge on any atom is -0.493 e. The van der Waals surface area contributed by atoms with Gasteiger partial charge in [0.25, 0.3) is 5.91 Å². The van der Waals surface area contributed by atoms with Crippen molar-refractivity contribution in [2.24, 2.45) is 5.92 Å². The average molecular weight is 265 g/mol. The van der Waals surface area contributed by atoms with Crippen LogP contribution in [0.4, 0.5) is 0 Å². The van der Waals surface area contributed by atoms with E-state index in [-0.39, 0.29) is 12.5 Å². The highest BCUT2D eigenvalue weighted by atomic mass is 16.5. The molecule has 5 heteroatoms. The van der Waals surface area contributed by atoms with Crippen LogP contribution < -0.4 is 10.1 Å². The molecule has 0 aliphatic heterocycles. The van der Waals surface area contributed by atoms with Crippen molar-refractivity contribution in [2.75, 3.05) is 13.2 Å². The molecule has 5 nitrogen and oxygen atoms in total. The molecule has 0 aromatic heterocycles. The number of para-hydroxylation sites is 1. The van der Waals surface area contributed by atoms with Gasteiger partial charge in [0.15, 0.2) is 0 Å². The van der Waals surface area contributed by atoms with Crippen LogP contribution in [0.3, 0.4) is 0 Å². The average Bonchev–Trinajstić information content (AvgIpc) is 2.40. The van der Waals surface area contributed by atoms with Crippen LogP contribution in [0.15, 0.2) is 24.3 Å². The van der Waals surface area contributed by atoms with E-state index >= 15 is 0 Å². The maximum Gasteiger partial charge on any atom is 0.308 e. The molecule has 0 aliphatic rings. The van der Waals surface area contributed by atoms with Crippen LogP contribution in [0.25, 0.3) is 0 Å². The molecule has 19 heavy (non-hydrogen) atoms. The summed E-state index contributed by atoms with van der Waals surface area (Å²) < 4.78 is 5.36. The number of nitrogens with one attached hydrogen (secondary N) is 1. The fourth-order valence-electron chi connectivity index (χ4n) is 1.65. The van der Waals surface area contributed by atoms with Gasteiger partial charge < -0.3 is 15.2 Å². The van der Waals surface area contributed by atoms with Gasteiger partial charge >= 0.3 is 5.97 Å². The summed E-state index contributed by atoms with van der Waals surface area (Å²) in [5, 5.41) is 11.5. The predicted octanol–water partition coefficient (Wildman–Crippen LogP) is 1.93. The van der Waals surface area contributed by atoms with Crippen molar-refractivity contribution in [3.05, 3.63) is 29.8 Å². The van der Waals surface area contributed by atoms with Crippen molar-refractivity contribution in [1.29, 1.82) is 0 Å². The van der Waals surface area contributed by atoms with Crippen molar-refractivity contribution in [3.63, 3.8) is 0 Å². The quantitative estimate of drug-likeness (QED) is 0.789. The molecule has 0 saturated heterocycles. The smallest absolute Gasteiger partial charge is 0.308 e. The van der Waals surface area contributed by atoms with Gasteiger partial charge in [-0.2, -0.15) is 0 Å². The molecule has 1 amide bonds. The van der Waals surface area contributed by atoms with Crippen LogP contribution in [-0.2, 0) is 4.79 Å². The van der Waals surface area contributed by atoms with E-state index in [0.717, 1.165) is 0 Å². The van der Waals surface area contributed by atoms with E-state index in [1.165, 1.54) is 0 Å². The Morgan fingerprint density at radius 3 is 2.58 bits per heavy atom. The van der Waals surface area contributed by atoms with Crippen molar-refractivity contribution in [1.82, 2.24) is 5.32 Å². The molecule has 0 bridgehead atoms. The van der Waals surface area contributed by atoms with E-state index < -0.39 is 11.9 Å².